The lowest BCUT2D eigenvalue weighted by Gasteiger charge is -2.32. The number of carbonyl (C=O) groups is 1. The molecule has 0 spiro atoms. The lowest BCUT2D eigenvalue weighted by Crippen LogP contribution is -2.40. The predicted molar refractivity (Wildman–Crippen MR) is 142 cm³/mol. The molecule has 0 saturated carbocycles. The third kappa shape index (κ3) is 4.97. The number of likely N-dealkylation sites (tertiary alicyclic amines) is 1. The number of carbonyl (C=O) groups excluding carboxylic acids is 1. The summed E-state index contributed by atoms with van der Waals surface area (Å²) in [5.41, 5.74) is 9.78. The molecule has 1 fully saturated rings. The molecule has 9 heteroatoms. The van der Waals surface area contributed by atoms with Gasteiger partial charge in [0.2, 0.25) is 11.8 Å². The van der Waals surface area contributed by atoms with E-state index in [9.17, 15) is 4.79 Å². The van der Waals surface area contributed by atoms with Crippen LogP contribution in [-0.2, 0) is 11.3 Å². The van der Waals surface area contributed by atoms with E-state index in [4.69, 9.17) is 15.2 Å². The van der Waals surface area contributed by atoms with Crippen LogP contribution in [0, 0.1) is 12.8 Å². The zero-order valence-electron chi connectivity index (χ0n) is 21.1. The number of aryl methyl sites for hydroxylation is 1. The SMILES string of the molecule is C=CC(=O)N1CCCC(Cn2cc(-c3ccc(Oc4cccc(C)n4)c(OC)c3)c3c(N)ncnc32)C1. The molecule has 1 aromatic carbocycles. The lowest BCUT2D eigenvalue weighted by atomic mass is 9.98. The summed E-state index contributed by atoms with van der Waals surface area (Å²) in [6, 6.07) is 11.4. The van der Waals surface area contributed by atoms with Gasteiger partial charge in [0.05, 0.1) is 12.5 Å². The molecule has 9 nitrogen and oxygen atoms in total. The average Bonchev–Trinajstić information content (AvgIpc) is 3.28. The van der Waals surface area contributed by atoms with Gasteiger partial charge >= 0.3 is 0 Å². The summed E-state index contributed by atoms with van der Waals surface area (Å²) in [7, 11) is 1.61. The molecular weight excluding hydrogens is 468 g/mol. The number of methoxy groups -OCH3 is 1. The molecule has 2 N–H and O–H groups in total. The number of amides is 1. The van der Waals surface area contributed by atoms with Crippen LogP contribution < -0.4 is 15.2 Å². The summed E-state index contributed by atoms with van der Waals surface area (Å²) >= 11 is 0. The number of hydrogen-bond acceptors (Lipinski definition) is 7. The summed E-state index contributed by atoms with van der Waals surface area (Å²) in [6.45, 7) is 7.71. The van der Waals surface area contributed by atoms with Gasteiger partial charge in [0.15, 0.2) is 11.5 Å². The highest BCUT2D eigenvalue weighted by atomic mass is 16.5. The normalized spacial score (nSPS) is 15.5. The molecule has 4 heterocycles. The van der Waals surface area contributed by atoms with Gasteiger partial charge in [-0.25, -0.2) is 15.0 Å². The van der Waals surface area contributed by atoms with Crippen molar-refractivity contribution in [3.63, 3.8) is 0 Å². The Balaban J connectivity index is 1.49. The smallest absolute Gasteiger partial charge is 0.245 e. The monoisotopic (exact) mass is 498 g/mol. The molecule has 3 aromatic heterocycles. The fraction of sp³-hybridized carbons (Fsp3) is 0.286. The third-order valence-electron chi connectivity index (χ3n) is 6.70. The summed E-state index contributed by atoms with van der Waals surface area (Å²) in [5.74, 6) is 2.31. The Morgan fingerprint density at radius 2 is 2.11 bits per heavy atom. The van der Waals surface area contributed by atoms with Gasteiger partial charge in [0.1, 0.15) is 17.8 Å². The second-order valence-electron chi connectivity index (χ2n) is 9.23. The number of nitrogens with two attached hydrogens (primary N) is 1. The molecule has 1 saturated heterocycles. The molecule has 1 unspecified atom stereocenters. The largest absolute Gasteiger partial charge is 0.493 e. The van der Waals surface area contributed by atoms with Gasteiger partial charge in [0.25, 0.3) is 0 Å². The van der Waals surface area contributed by atoms with Crippen molar-refractivity contribution in [3.05, 3.63) is 67.3 Å². The van der Waals surface area contributed by atoms with Crippen molar-refractivity contribution in [2.24, 2.45) is 5.92 Å². The number of aromatic nitrogens is 4. The van der Waals surface area contributed by atoms with Crippen LogP contribution in [0.3, 0.4) is 0 Å². The van der Waals surface area contributed by atoms with E-state index in [0.29, 0.717) is 42.2 Å². The van der Waals surface area contributed by atoms with Crippen LogP contribution in [0.15, 0.2) is 61.6 Å². The lowest BCUT2D eigenvalue weighted by molar-refractivity contribution is -0.127. The Morgan fingerprint density at radius 3 is 2.89 bits per heavy atom. The van der Waals surface area contributed by atoms with E-state index in [0.717, 1.165) is 47.2 Å². The van der Waals surface area contributed by atoms with Gasteiger partial charge in [-0.05, 0) is 55.5 Å². The van der Waals surface area contributed by atoms with Crippen molar-refractivity contribution < 1.29 is 14.3 Å². The number of pyridine rings is 1. The molecule has 5 rings (SSSR count). The number of anilines is 1. The van der Waals surface area contributed by atoms with E-state index in [1.54, 1.807) is 13.2 Å². The second-order valence-corrected chi connectivity index (χ2v) is 9.23. The van der Waals surface area contributed by atoms with Crippen molar-refractivity contribution in [1.82, 2.24) is 24.4 Å². The Morgan fingerprint density at radius 1 is 1.24 bits per heavy atom. The van der Waals surface area contributed by atoms with E-state index in [-0.39, 0.29) is 5.91 Å². The zero-order chi connectivity index (χ0) is 25.9. The molecule has 4 aromatic rings. The predicted octanol–water partition coefficient (Wildman–Crippen LogP) is 4.61. The standard InChI is InChI=1S/C28H30N6O3/c1-4-25(35)33-12-6-8-19(14-33)15-34-16-21(26-27(29)30-17-31-28(26)34)20-10-11-22(23(13-20)36-3)37-24-9-5-7-18(2)32-24/h4-5,7,9-11,13,16-17,19H,1,6,8,12,14-15H2,2-3H3,(H2,29,30,31). The van der Waals surface area contributed by atoms with Gasteiger partial charge in [-0.3, -0.25) is 4.79 Å². The highest BCUT2D eigenvalue weighted by molar-refractivity contribution is 6.00. The highest BCUT2D eigenvalue weighted by Gasteiger charge is 2.24. The maximum Gasteiger partial charge on any atom is 0.245 e. The van der Waals surface area contributed by atoms with Gasteiger partial charge < -0.3 is 24.7 Å². The molecule has 1 aliphatic heterocycles. The number of rotatable bonds is 7. The number of nitrogens with zero attached hydrogens (tertiary/aromatic N) is 5. The summed E-state index contributed by atoms with van der Waals surface area (Å²) in [5, 5.41) is 0.786. The Labute approximate surface area is 215 Å². The van der Waals surface area contributed by atoms with Gasteiger partial charge in [-0.2, -0.15) is 0 Å². The molecule has 0 bridgehead atoms. The first-order chi connectivity index (χ1) is 18.0. The second kappa shape index (κ2) is 10.3. The molecule has 0 radical (unpaired) electrons. The molecule has 37 heavy (non-hydrogen) atoms. The zero-order valence-corrected chi connectivity index (χ0v) is 21.1. The number of piperidine rings is 1. The Bertz CT molecular complexity index is 1460. The van der Waals surface area contributed by atoms with Crippen LogP contribution in [-0.4, -0.2) is 50.5 Å². The van der Waals surface area contributed by atoms with E-state index < -0.39 is 0 Å². The van der Waals surface area contributed by atoms with Crippen LogP contribution in [0.1, 0.15) is 18.5 Å². The molecule has 1 atom stereocenters. The van der Waals surface area contributed by atoms with Crippen LogP contribution in [0.2, 0.25) is 0 Å². The minimum Gasteiger partial charge on any atom is -0.493 e. The van der Waals surface area contributed by atoms with Crippen LogP contribution in [0.4, 0.5) is 5.82 Å². The highest BCUT2D eigenvalue weighted by Crippen LogP contribution is 2.39. The van der Waals surface area contributed by atoms with Gasteiger partial charge in [-0.15, -0.1) is 0 Å². The number of fused-ring (bicyclic) bond motifs is 1. The first kappa shape index (κ1) is 24.3. The van der Waals surface area contributed by atoms with Crippen molar-refractivity contribution in [2.45, 2.75) is 26.3 Å². The number of nitrogen functional groups attached to an aromatic ring is 1. The Kier molecular flexibility index (Phi) is 6.76. The molecule has 190 valence electrons. The van der Waals surface area contributed by atoms with Crippen molar-refractivity contribution in [1.29, 1.82) is 0 Å². The number of ether oxygens (including phenoxy) is 2. The van der Waals surface area contributed by atoms with E-state index >= 15 is 0 Å². The minimum atomic E-state index is -0.0235. The summed E-state index contributed by atoms with van der Waals surface area (Å²) in [6.07, 6.45) is 6.92. The fourth-order valence-electron chi connectivity index (χ4n) is 4.93. The molecule has 1 amide bonds. The topological polar surface area (TPSA) is 108 Å². The summed E-state index contributed by atoms with van der Waals surface area (Å²) < 4.78 is 13.8. The van der Waals surface area contributed by atoms with E-state index in [1.165, 1.54) is 12.4 Å². The minimum absolute atomic E-state index is 0.0235. The van der Waals surface area contributed by atoms with Gasteiger partial charge in [-0.1, -0.05) is 18.7 Å². The van der Waals surface area contributed by atoms with E-state index in [1.807, 2.05) is 42.2 Å². The van der Waals surface area contributed by atoms with Crippen molar-refractivity contribution in [2.75, 3.05) is 25.9 Å². The first-order valence-electron chi connectivity index (χ1n) is 12.3. The van der Waals surface area contributed by atoms with Crippen LogP contribution in [0.25, 0.3) is 22.2 Å². The van der Waals surface area contributed by atoms with Crippen molar-refractivity contribution in [3.8, 4) is 28.5 Å². The van der Waals surface area contributed by atoms with Crippen molar-refractivity contribution >= 4 is 22.8 Å². The molecule has 1 aliphatic rings. The van der Waals surface area contributed by atoms with Crippen LogP contribution in [0.5, 0.6) is 17.4 Å². The maximum atomic E-state index is 12.2. The van der Waals surface area contributed by atoms with Gasteiger partial charge in [0, 0.05) is 43.2 Å². The third-order valence-corrected chi connectivity index (χ3v) is 6.70. The average molecular weight is 499 g/mol. The summed E-state index contributed by atoms with van der Waals surface area (Å²) in [4.78, 5) is 27.3. The fourth-order valence-corrected chi connectivity index (χ4v) is 4.93. The molecular formula is C28H30N6O3. The van der Waals surface area contributed by atoms with Crippen LogP contribution >= 0.6 is 0 Å². The number of benzene rings is 1. The Hall–Kier alpha value is -4.40. The number of hydrogen-bond donors (Lipinski definition) is 1. The van der Waals surface area contributed by atoms with E-state index in [2.05, 4.69) is 32.3 Å². The molecule has 0 aliphatic carbocycles. The maximum absolute atomic E-state index is 12.2. The quantitative estimate of drug-likeness (QED) is 0.371. The first-order valence-corrected chi connectivity index (χ1v) is 12.3.